The lowest BCUT2D eigenvalue weighted by Crippen LogP contribution is -2.08. The van der Waals surface area contributed by atoms with Gasteiger partial charge in [0.2, 0.25) is 0 Å². The van der Waals surface area contributed by atoms with Gasteiger partial charge < -0.3 is 19.7 Å². The minimum Gasteiger partial charge on any atom is -0.504 e. The highest BCUT2D eigenvalue weighted by molar-refractivity contribution is 5.70. The van der Waals surface area contributed by atoms with E-state index in [1.54, 1.807) is 0 Å². The molecule has 0 amide bonds. The van der Waals surface area contributed by atoms with Gasteiger partial charge in [-0.15, -0.1) is 0 Å². The number of ether oxygens (including phenoxy) is 2. The lowest BCUT2D eigenvalue weighted by Gasteiger charge is -2.28. The molecule has 0 saturated heterocycles. The first kappa shape index (κ1) is 16.5. The number of rotatable bonds is 4. The summed E-state index contributed by atoms with van der Waals surface area (Å²) in [6.07, 6.45) is 2.85. The Morgan fingerprint density at radius 2 is 1.21 bits per heavy atom. The number of aryl methyl sites for hydroxylation is 1. The minimum atomic E-state index is -0.110. The van der Waals surface area contributed by atoms with Crippen molar-refractivity contribution >= 4 is 0 Å². The van der Waals surface area contributed by atoms with E-state index < -0.39 is 0 Å². The van der Waals surface area contributed by atoms with Crippen LogP contribution in [0.25, 0.3) is 0 Å². The average Bonchev–Trinajstić information content (AvgIpc) is 2.60. The van der Waals surface area contributed by atoms with Crippen LogP contribution in [0.4, 0.5) is 0 Å². The molecule has 4 heteroatoms. The van der Waals surface area contributed by atoms with Gasteiger partial charge in [0.05, 0.1) is 0 Å². The first-order valence-electron chi connectivity index (χ1n) is 8.67. The minimum absolute atomic E-state index is 0.107. The molecule has 0 bridgehead atoms. The Balaban J connectivity index is 2.25. The maximum absolute atomic E-state index is 10.4. The first-order chi connectivity index (χ1) is 11.6. The molecule has 1 aliphatic rings. The number of phenols is 2. The average molecular weight is 328 g/mol. The second-order valence-corrected chi connectivity index (χ2v) is 5.96. The first-order valence-corrected chi connectivity index (χ1v) is 8.67. The molecule has 2 aromatic rings. The Bertz CT molecular complexity index is 793. The number of hydrogen-bond donors (Lipinski definition) is 2. The van der Waals surface area contributed by atoms with Gasteiger partial charge >= 0.3 is 0 Å². The Morgan fingerprint density at radius 1 is 0.667 bits per heavy atom. The largest absolute Gasteiger partial charge is 0.504 e. The summed E-state index contributed by atoms with van der Waals surface area (Å²) in [4.78, 5) is 0. The standard InChI is InChI=1S/C20H24O4/c1-5-11-9-10-15-18(12(11)6-2)24-20-14(8-4)17(22)16(21)13(7-3)19(20)23-15/h9-10,21-22H,5-8H2,1-4H3. The zero-order valence-electron chi connectivity index (χ0n) is 14.7. The van der Waals surface area contributed by atoms with Gasteiger partial charge in [-0.1, -0.05) is 33.8 Å². The fourth-order valence-corrected chi connectivity index (χ4v) is 3.42. The normalized spacial score (nSPS) is 12.2. The van der Waals surface area contributed by atoms with Gasteiger partial charge in [0, 0.05) is 16.7 Å². The smallest absolute Gasteiger partial charge is 0.177 e. The number of fused-ring (bicyclic) bond motifs is 2. The van der Waals surface area contributed by atoms with Crippen molar-refractivity contribution in [3.63, 3.8) is 0 Å². The third-order valence-corrected chi connectivity index (χ3v) is 4.73. The van der Waals surface area contributed by atoms with Gasteiger partial charge in [0.25, 0.3) is 0 Å². The van der Waals surface area contributed by atoms with E-state index in [9.17, 15) is 10.2 Å². The van der Waals surface area contributed by atoms with E-state index >= 15 is 0 Å². The van der Waals surface area contributed by atoms with Crippen LogP contribution in [0.15, 0.2) is 12.1 Å². The molecule has 128 valence electrons. The van der Waals surface area contributed by atoms with E-state index in [0.717, 1.165) is 24.2 Å². The highest BCUT2D eigenvalue weighted by Crippen LogP contribution is 2.56. The summed E-state index contributed by atoms with van der Waals surface area (Å²) < 4.78 is 12.4. The fourth-order valence-electron chi connectivity index (χ4n) is 3.42. The molecule has 4 nitrogen and oxygen atoms in total. The van der Waals surface area contributed by atoms with Crippen LogP contribution >= 0.6 is 0 Å². The second-order valence-electron chi connectivity index (χ2n) is 5.96. The zero-order chi connectivity index (χ0) is 17.4. The molecule has 1 aliphatic heterocycles. The third-order valence-electron chi connectivity index (χ3n) is 4.73. The van der Waals surface area contributed by atoms with Crippen LogP contribution in [0, 0.1) is 0 Å². The van der Waals surface area contributed by atoms with Gasteiger partial charge in [-0.2, -0.15) is 0 Å². The van der Waals surface area contributed by atoms with Crippen molar-refractivity contribution in [2.45, 2.75) is 53.4 Å². The highest BCUT2D eigenvalue weighted by Gasteiger charge is 2.31. The van der Waals surface area contributed by atoms with Crippen LogP contribution in [-0.4, -0.2) is 10.2 Å². The van der Waals surface area contributed by atoms with Crippen LogP contribution in [0.2, 0.25) is 0 Å². The van der Waals surface area contributed by atoms with E-state index in [-0.39, 0.29) is 11.5 Å². The molecule has 0 aromatic heterocycles. The molecule has 1 heterocycles. The van der Waals surface area contributed by atoms with E-state index in [1.165, 1.54) is 5.56 Å². The molecule has 0 atom stereocenters. The number of hydrogen-bond acceptors (Lipinski definition) is 4. The monoisotopic (exact) mass is 328 g/mol. The topological polar surface area (TPSA) is 58.9 Å². The van der Waals surface area contributed by atoms with Crippen molar-refractivity contribution in [1.82, 2.24) is 0 Å². The number of aromatic hydroxyl groups is 2. The van der Waals surface area contributed by atoms with E-state index in [2.05, 4.69) is 19.9 Å². The molecule has 2 aromatic carbocycles. The number of benzene rings is 2. The van der Waals surface area contributed by atoms with E-state index in [0.29, 0.717) is 41.2 Å². The summed E-state index contributed by atoms with van der Waals surface area (Å²) in [5.41, 5.74) is 3.52. The highest BCUT2D eigenvalue weighted by atomic mass is 16.6. The Morgan fingerprint density at radius 3 is 1.71 bits per heavy atom. The van der Waals surface area contributed by atoms with Crippen molar-refractivity contribution in [3.8, 4) is 34.5 Å². The zero-order valence-corrected chi connectivity index (χ0v) is 14.7. The van der Waals surface area contributed by atoms with Gasteiger partial charge in [0.1, 0.15) is 0 Å². The predicted octanol–water partition coefficient (Wildman–Crippen LogP) is 5.25. The van der Waals surface area contributed by atoms with Crippen LogP contribution in [0.1, 0.15) is 49.9 Å². The van der Waals surface area contributed by atoms with Gasteiger partial charge in [0.15, 0.2) is 34.5 Å². The Labute approximate surface area is 142 Å². The van der Waals surface area contributed by atoms with E-state index in [4.69, 9.17) is 9.47 Å². The Hall–Kier alpha value is -2.36. The molecule has 0 spiro atoms. The summed E-state index contributed by atoms with van der Waals surface area (Å²) >= 11 is 0. The van der Waals surface area contributed by atoms with Gasteiger partial charge in [-0.05, 0) is 37.3 Å². The summed E-state index contributed by atoms with van der Waals surface area (Å²) in [6.45, 7) is 8.05. The molecule has 0 unspecified atom stereocenters. The SMILES string of the molecule is CCc1ccc2c(c1CC)Oc1c(CC)c(O)c(O)c(CC)c1O2. The summed E-state index contributed by atoms with van der Waals surface area (Å²) in [6, 6.07) is 3.99. The molecule has 0 aliphatic carbocycles. The molecule has 0 saturated carbocycles. The summed E-state index contributed by atoms with van der Waals surface area (Å²) in [7, 11) is 0. The lowest BCUT2D eigenvalue weighted by atomic mass is 9.98. The molecular formula is C20H24O4. The van der Waals surface area contributed by atoms with Gasteiger partial charge in [-0.3, -0.25) is 0 Å². The fraction of sp³-hybridized carbons (Fsp3) is 0.400. The third kappa shape index (κ3) is 2.29. The lowest BCUT2D eigenvalue weighted by molar-refractivity contribution is 0.333. The maximum Gasteiger partial charge on any atom is 0.177 e. The van der Waals surface area contributed by atoms with Gasteiger partial charge in [-0.25, -0.2) is 0 Å². The van der Waals surface area contributed by atoms with Crippen LogP contribution in [-0.2, 0) is 25.7 Å². The van der Waals surface area contributed by atoms with Crippen LogP contribution < -0.4 is 9.47 Å². The molecular weight excluding hydrogens is 304 g/mol. The van der Waals surface area contributed by atoms with Crippen LogP contribution in [0.5, 0.6) is 34.5 Å². The molecule has 0 radical (unpaired) electrons. The van der Waals surface area contributed by atoms with Crippen molar-refractivity contribution < 1.29 is 19.7 Å². The molecule has 0 fully saturated rings. The molecule has 2 N–H and O–H groups in total. The van der Waals surface area contributed by atoms with Crippen LogP contribution in [0.3, 0.4) is 0 Å². The van der Waals surface area contributed by atoms with Crippen molar-refractivity contribution in [2.24, 2.45) is 0 Å². The van der Waals surface area contributed by atoms with Crippen molar-refractivity contribution in [2.75, 3.05) is 0 Å². The number of phenolic OH excluding ortho intramolecular Hbond substituents is 2. The quantitative estimate of drug-likeness (QED) is 0.643. The summed E-state index contributed by atoms with van der Waals surface area (Å²) in [5.74, 6) is 2.22. The van der Waals surface area contributed by atoms with Crippen molar-refractivity contribution in [1.29, 1.82) is 0 Å². The Kier molecular flexibility index (Phi) is 4.31. The molecule has 3 rings (SSSR count). The predicted molar refractivity (Wildman–Crippen MR) is 93.9 cm³/mol. The maximum atomic E-state index is 10.4. The second kappa shape index (κ2) is 6.27. The summed E-state index contributed by atoms with van der Waals surface area (Å²) in [5, 5.41) is 20.7. The van der Waals surface area contributed by atoms with Crippen molar-refractivity contribution in [3.05, 3.63) is 34.4 Å². The van der Waals surface area contributed by atoms with E-state index in [1.807, 2.05) is 19.9 Å². The molecule has 24 heavy (non-hydrogen) atoms.